The zero-order valence-electron chi connectivity index (χ0n) is 15.1. The normalized spacial score (nSPS) is 15.7. The number of anilines is 1. The summed E-state index contributed by atoms with van der Waals surface area (Å²) in [5, 5.41) is 2.89. The Morgan fingerprint density at radius 2 is 1.73 bits per heavy atom. The number of imidazole rings is 1. The Kier molecular flexibility index (Phi) is 6.14. The van der Waals surface area contributed by atoms with Crippen molar-refractivity contribution in [3.63, 3.8) is 0 Å². The van der Waals surface area contributed by atoms with Crippen LogP contribution in [0.2, 0.25) is 0 Å². The molecule has 0 saturated carbocycles. The summed E-state index contributed by atoms with van der Waals surface area (Å²) >= 11 is 0. The van der Waals surface area contributed by atoms with Crippen molar-refractivity contribution in [3.8, 4) is 0 Å². The molecule has 0 spiro atoms. The first-order valence-corrected chi connectivity index (χ1v) is 8.91. The van der Waals surface area contributed by atoms with Crippen LogP contribution in [0.1, 0.15) is 17.3 Å². The predicted molar refractivity (Wildman–Crippen MR) is 100 cm³/mol. The number of carbonyl (C=O) groups excluding carboxylic acids is 2. The minimum Gasteiger partial charge on any atom is -0.336 e. The number of ketones is 1. The number of hydrogen-bond acceptors (Lipinski definition) is 5. The Morgan fingerprint density at radius 1 is 1.04 bits per heavy atom. The van der Waals surface area contributed by atoms with Crippen LogP contribution in [-0.2, 0) is 11.3 Å². The van der Waals surface area contributed by atoms with Crippen molar-refractivity contribution in [3.05, 3.63) is 48.5 Å². The molecular formula is C19H25N5O2. The van der Waals surface area contributed by atoms with Gasteiger partial charge < -0.3 is 9.88 Å². The van der Waals surface area contributed by atoms with E-state index in [9.17, 15) is 9.59 Å². The van der Waals surface area contributed by atoms with Gasteiger partial charge >= 0.3 is 0 Å². The number of carbonyl (C=O) groups is 2. The van der Waals surface area contributed by atoms with Gasteiger partial charge in [-0.1, -0.05) is 0 Å². The largest absolute Gasteiger partial charge is 0.336 e. The van der Waals surface area contributed by atoms with E-state index in [0.29, 0.717) is 12.1 Å². The van der Waals surface area contributed by atoms with Gasteiger partial charge in [0, 0.05) is 62.9 Å². The lowest BCUT2D eigenvalue weighted by molar-refractivity contribution is -0.117. The third kappa shape index (κ3) is 5.24. The zero-order chi connectivity index (χ0) is 18.4. The molecule has 7 nitrogen and oxygen atoms in total. The van der Waals surface area contributed by atoms with Gasteiger partial charge in [-0.2, -0.15) is 0 Å². The fourth-order valence-corrected chi connectivity index (χ4v) is 3.04. The van der Waals surface area contributed by atoms with Crippen molar-refractivity contribution in [2.45, 2.75) is 13.5 Å². The highest BCUT2D eigenvalue weighted by atomic mass is 16.2. The van der Waals surface area contributed by atoms with E-state index < -0.39 is 0 Å². The minimum atomic E-state index is -0.0209. The summed E-state index contributed by atoms with van der Waals surface area (Å²) in [5.74, 6) is 0.00114. The molecule has 1 aromatic carbocycles. The van der Waals surface area contributed by atoms with Crippen LogP contribution in [0.15, 0.2) is 43.0 Å². The molecule has 1 N–H and O–H groups in total. The minimum absolute atomic E-state index is 0.0209. The topological polar surface area (TPSA) is 70.5 Å². The van der Waals surface area contributed by atoms with Crippen molar-refractivity contribution in [1.29, 1.82) is 0 Å². The number of Topliss-reactive ketones (excluding diaryl/α,β-unsaturated/α-hetero) is 1. The van der Waals surface area contributed by atoms with Gasteiger partial charge in [-0.25, -0.2) is 4.98 Å². The molecule has 1 aliphatic heterocycles. The van der Waals surface area contributed by atoms with E-state index >= 15 is 0 Å². The second-order valence-corrected chi connectivity index (χ2v) is 6.60. The Hall–Kier alpha value is -2.51. The summed E-state index contributed by atoms with van der Waals surface area (Å²) in [4.78, 5) is 32.1. The molecular weight excluding hydrogens is 330 g/mol. The lowest BCUT2D eigenvalue weighted by Crippen LogP contribution is -2.49. The summed E-state index contributed by atoms with van der Waals surface area (Å²) in [6.45, 7) is 7.58. The number of nitrogens with zero attached hydrogens (tertiary/aromatic N) is 4. The van der Waals surface area contributed by atoms with Crippen LogP contribution in [0.5, 0.6) is 0 Å². The van der Waals surface area contributed by atoms with E-state index in [-0.39, 0.29) is 11.7 Å². The molecule has 7 heteroatoms. The first-order valence-electron chi connectivity index (χ1n) is 8.91. The van der Waals surface area contributed by atoms with Crippen molar-refractivity contribution in [2.75, 3.05) is 44.6 Å². The van der Waals surface area contributed by atoms with Gasteiger partial charge in [0.1, 0.15) is 0 Å². The number of piperazine rings is 1. The highest BCUT2D eigenvalue weighted by molar-refractivity contribution is 5.96. The molecule has 2 aromatic rings. The Morgan fingerprint density at radius 3 is 2.35 bits per heavy atom. The second kappa shape index (κ2) is 8.73. The molecule has 1 fully saturated rings. The molecule has 3 rings (SSSR count). The van der Waals surface area contributed by atoms with Gasteiger partial charge in [0.25, 0.3) is 0 Å². The van der Waals surface area contributed by atoms with Crippen molar-refractivity contribution in [2.24, 2.45) is 0 Å². The van der Waals surface area contributed by atoms with Crippen molar-refractivity contribution < 1.29 is 9.59 Å². The lowest BCUT2D eigenvalue weighted by Gasteiger charge is -2.34. The highest BCUT2D eigenvalue weighted by Gasteiger charge is 2.18. The van der Waals surface area contributed by atoms with Crippen molar-refractivity contribution >= 4 is 17.4 Å². The maximum absolute atomic E-state index is 12.2. The smallest absolute Gasteiger partial charge is 0.238 e. The summed E-state index contributed by atoms with van der Waals surface area (Å²) in [6.07, 6.45) is 5.61. The van der Waals surface area contributed by atoms with Crippen LogP contribution in [0.4, 0.5) is 5.69 Å². The van der Waals surface area contributed by atoms with Gasteiger partial charge in [-0.05, 0) is 31.2 Å². The van der Waals surface area contributed by atoms with E-state index in [0.717, 1.165) is 45.0 Å². The molecule has 1 saturated heterocycles. The van der Waals surface area contributed by atoms with Crippen LogP contribution < -0.4 is 5.32 Å². The average Bonchev–Trinajstić information content (AvgIpc) is 3.15. The summed E-state index contributed by atoms with van der Waals surface area (Å²) in [7, 11) is 0. The summed E-state index contributed by atoms with van der Waals surface area (Å²) in [5.41, 5.74) is 1.37. The Labute approximate surface area is 153 Å². The standard InChI is InChI=1S/C19H25N5O2/c1-16(25)17-2-4-18(5-3-17)21-19(26)14-23-11-8-22(9-12-23)10-13-24-7-6-20-15-24/h2-7,15H,8-14H2,1H3,(H,21,26). The maximum atomic E-state index is 12.2. The van der Waals surface area contributed by atoms with Crippen LogP contribution in [0.3, 0.4) is 0 Å². The van der Waals surface area contributed by atoms with Crippen LogP contribution in [0.25, 0.3) is 0 Å². The van der Waals surface area contributed by atoms with Gasteiger partial charge in [0.05, 0.1) is 12.9 Å². The molecule has 0 aliphatic carbocycles. The fourth-order valence-electron chi connectivity index (χ4n) is 3.04. The molecule has 1 aromatic heterocycles. The molecule has 1 aliphatic rings. The van der Waals surface area contributed by atoms with E-state index in [4.69, 9.17) is 0 Å². The third-order valence-electron chi connectivity index (χ3n) is 4.64. The molecule has 26 heavy (non-hydrogen) atoms. The number of amides is 1. The Balaban J connectivity index is 1.38. The molecule has 0 bridgehead atoms. The highest BCUT2D eigenvalue weighted by Crippen LogP contribution is 2.10. The maximum Gasteiger partial charge on any atom is 0.238 e. The van der Waals surface area contributed by atoms with E-state index in [2.05, 4.69) is 24.7 Å². The fraction of sp³-hybridized carbons (Fsp3) is 0.421. The molecule has 0 unspecified atom stereocenters. The first kappa shape index (κ1) is 18.3. The summed E-state index contributed by atoms with van der Waals surface area (Å²) in [6, 6.07) is 7.00. The number of nitrogens with one attached hydrogen (secondary N) is 1. The predicted octanol–water partition coefficient (Wildman–Crippen LogP) is 1.34. The van der Waals surface area contributed by atoms with Crippen molar-refractivity contribution in [1.82, 2.24) is 19.4 Å². The van der Waals surface area contributed by atoms with Gasteiger partial charge in [0.2, 0.25) is 5.91 Å². The van der Waals surface area contributed by atoms with Gasteiger partial charge in [0.15, 0.2) is 5.78 Å². The monoisotopic (exact) mass is 355 g/mol. The molecule has 2 heterocycles. The molecule has 0 radical (unpaired) electrons. The zero-order valence-corrected chi connectivity index (χ0v) is 15.1. The van der Waals surface area contributed by atoms with E-state index in [1.165, 1.54) is 6.92 Å². The number of aromatic nitrogens is 2. The SMILES string of the molecule is CC(=O)c1ccc(NC(=O)CN2CCN(CCn3ccnc3)CC2)cc1. The van der Waals surface area contributed by atoms with E-state index in [1.807, 2.05) is 12.5 Å². The number of hydrogen-bond donors (Lipinski definition) is 1. The first-order chi connectivity index (χ1) is 12.6. The summed E-state index contributed by atoms with van der Waals surface area (Å²) < 4.78 is 2.08. The number of benzene rings is 1. The van der Waals surface area contributed by atoms with Gasteiger partial charge in [-0.15, -0.1) is 0 Å². The van der Waals surface area contributed by atoms with E-state index in [1.54, 1.807) is 30.5 Å². The quantitative estimate of drug-likeness (QED) is 0.759. The second-order valence-electron chi connectivity index (χ2n) is 6.60. The van der Waals surface area contributed by atoms with Crippen LogP contribution in [0, 0.1) is 0 Å². The average molecular weight is 355 g/mol. The third-order valence-corrected chi connectivity index (χ3v) is 4.64. The van der Waals surface area contributed by atoms with Gasteiger partial charge in [-0.3, -0.25) is 19.4 Å². The molecule has 0 atom stereocenters. The Bertz CT molecular complexity index is 719. The lowest BCUT2D eigenvalue weighted by atomic mass is 10.1. The van der Waals surface area contributed by atoms with Crippen LogP contribution >= 0.6 is 0 Å². The number of rotatable bonds is 7. The molecule has 138 valence electrons. The van der Waals surface area contributed by atoms with Crippen LogP contribution in [-0.4, -0.2) is 70.3 Å². The molecule has 1 amide bonds.